The van der Waals surface area contributed by atoms with Crippen LogP contribution in [0, 0.1) is 21.4 Å². The van der Waals surface area contributed by atoms with Crippen LogP contribution in [0.4, 0.5) is 14.5 Å². The molecule has 0 aromatic carbocycles. The Bertz CT molecular complexity index is 553. The number of nitrogens with zero attached hydrogens (tertiary/aromatic N) is 3. The normalized spacial score (nSPS) is 10.1. The molecule has 0 atom stereocenters. The number of aliphatic carboxylic acids is 1. The van der Waals surface area contributed by atoms with Gasteiger partial charge in [0.05, 0.1) is 22.6 Å². The van der Waals surface area contributed by atoms with Crippen molar-refractivity contribution in [2.45, 2.75) is 12.8 Å². The molecule has 0 aliphatic carbocycles. The van der Waals surface area contributed by atoms with Gasteiger partial charge in [-0.05, 0) is 0 Å². The van der Waals surface area contributed by atoms with Crippen LogP contribution in [-0.4, -0.2) is 21.0 Å². The van der Waals surface area contributed by atoms with E-state index in [9.17, 15) is 23.7 Å². The summed E-state index contributed by atoms with van der Waals surface area (Å²) in [5.41, 5.74) is -3.29. The minimum Gasteiger partial charge on any atom is -0.481 e. The van der Waals surface area contributed by atoms with Gasteiger partial charge < -0.3 is 5.11 Å². The third-order valence-electron chi connectivity index (χ3n) is 2.02. The lowest BCUT2D eigenvalue weighted by Gasteiger charge is -2.07. The zero-order valence-corrected chi connectivity index (χ0v) is 8.63. The second kappa shape index (κ2) is 5.13. The maximum Gasteiger partial charge on any atom is 0.309 e. The van der Waals surface area contributed by atoms with Crippen molar-refractivity contribution in [1.29, 1.82) is 5.26 Å². The molecule has 1 rings (SSSR count). The standard InChI is InChI=1S/C9H5F2N3O4/c10-9(11)8-4(2-12)6(14(17)18)3-13-5(8)1-7(15)16/h3,9H,1H2,(H,15,16). The van der Waals surface area contributed by atoms with Gasteiger partial charge in [-0.15, -0.1) is 0 Å². The van der Waals surface area contributed by atoms with Crippen LogP contribution >= 0.6 is 0 Å². The Morgan fingerprint density at radius 1 is 1.67 bits per heavy atom. The predicted octanol–water partition coefficient (Wildman–Crippen LogP) is 1.43. The van der Waals surface area contributed by atoms with Crippen molar-refractivity contribution in [3.05, 3.63) is 33.1 Å². The summed E-state index contributed by atoms with van der Waals surface area (Å²) >= 11 is 0. The van der Waals surface area contributed by atoms with Gasteiger partial charge in [0.2, 0.25) is 0 Å². The lowest BCUT2D eigenvalue weighted by Crippen LogP contribution is -2.10. The Morgan fingerprint density at radius 3 is 2.67 bits per heavy atom. The lowest BCUT2D eigenvalue weighted by atomic mass is 10.0. The molecule has 0 bridgehead atoms. The van der Waals surface area contributed by atoms with Gasteiger partial charge in [-0.2, -0.15) is 5.26 Å². The molecule has 1 aromatic rings. The minimum atomic E-state index is -3.22. The van der Waals surface area contributed by atoms with Gasteiger partial charge in [0.25, 0.3) is 6.43 Å². The summed E-state index contributed by atoms with van der Waals surface area (Å²) < 4.78 is 25.5. The van der Waals surface area contributed by atoms with Crippen LogP contribution in [0.3, 0.4) is 0 Å². The van der Waals surface area contributed by atoms with Crippen LogP contribution in [0.5, 0.6) is 0 Å². The summed E-state index contributed by atoms with van der Waals surface area (Å²) in [6.07, 6.45) is -3.46. The fourth-order valence-corrected chi connectivity index (χ4v) is 1.33. The molecular formula is C9H5F2N3O4. The summed E-state index contributed by atoms with van der Waals surface area (Å²) in [5.74, 6) is -1.43. The van der Waals surface area contributed by atoms with Crippen LogP contribution < -0.4 is 0 Å². The molecule has 0 aliphatic rings. The monoisotopic (exact) mass is 257 g/mol. The van der Waals surface area contributed by atoms with Gasteiger partial charge in [0.1, 0.15) is 17.8 Å². The average Bonchev–Trinajstić information content (AvgIpc) is 2.26. The summed E-state index contributed by atoms with van der Waals surface area (Å²) in [7, 11) is 0. The van der Waals surface area contributed by atoms with E-state index in [1.54, 1.807) is 0 Å². The summed E-state index contributed by atoms with van der Waals surface area (Å²) in [6.45, 7) is 0. The number of rotatable bonds is 4. The number of nitriles is 1. The van der Waals surface area contributed by atoms with Crippen LogP contribution in [0.25, 0.3) is 0 Å². The highest BCUT2D eigenvalue weighted by molar-refractivity contribution is 5.71. The van der Waals surface area contributed by atoms with Crippen LogP contribution in [-0.2, 0) is 11.2 Å². The van der Waals surface area contributed by atoms with Crippen LogP contribution in [0.1, 0.15) is 23.2 Å². The van der Waals surface area contributed by atoms with Gasteiger partial charge in [0, 0.05) is 0 Å². The molecular weight excluding hydrogens is 252 g/mol. The van der Waals surface area contributed by atoms with Crippen LogP contribution in [0.15, 0.2) is 6.20 Å². The molecule has 0 unspecified atom stereocenters. The number of carboxylic acids is 1. The fourth-order valence-electron chi connectivity index (χ4n) is 1.33. The van der Waals surface area contributed by atoms with Gasteiger partial charge in [-0.25, -0.2) is 8.78 Å². The number of carboxylic acid groups (broad SMARTS) is 1. The molecule has 0 amide bonds. The minimum absolute atomic E-state index is 0.556. The van der Waals surface area contributed by atoms with Crippen molar-refractivity contribution < 1.29 is 23.6 Å². The SMILES string of the molecule is N#Cc1c([N+](=O)[O-])cnc(CC(=O)O)c1C(F)F. The molecule has 1 N–H and O–H groups in total. The molecule has 0 saturated heterocycles. The highest BCUT2D eigenvalue weighted by Crippen LogP contribution is 2.31. The van der Waals surface area contributed by atoms with E-state index >= 15 is 0 Å². The Labute approximate surface area is 98.4 Å². The molecule has 0 saturated carbocycles. The number of pyridine rings is 1. The van der Waals surface area contributed by atoms with Gasteiger partial charge in [-0.3, -0.25) is 19.9 Å². The van der Waals surface area contributed by atoms with E-state index in [2.05, 4.69) is 4.98 Å². The van der Waals surface area contributed by atoms with Gasteiger partial charge in [0.15, 0.2) is 0 Å². The van der Waals surface area contributed by atoms with E-state index in [0.29, 0.717) is 6.20 Å². The fraction of sp³-hybridized carbons (Fsp3) is 0.222. The van der Waals surface area contributed by atoms with Crippen molar-refractivity contribution in [3.8, 4) is 6.07 Å². The number of halogens is 2. The molecule has 18 heavy (non-hydrogen) atoms. The molecule has 7 nitrogen and oxygen atoms in total. The van der Waals surface area contributed by atoms with Crippen molar-refractivity contribution in [1.82, 2.24) is 4.98 Å². The number of nitro groups is 1. The van der Waals surface area contributed by atoms with Gasteiger partial charge >= 0.3 is 11.7 Å². The molecule has 0 fully saturated rings. The number of hydrogen-bond acceptors (Lipinski definition) is 5. The maximum atomic E-state index is 12.8. The average molecular weight is 257 g/mol. The van der Waals surface area contributed by atoms with Crippen molar-refractivity contribution in [2.24, 2.45) is 0 Å². The number of hydrogen-bond donors (Lipinski definition) is 1. The third kappa shape index (κ3) is 2.54. The smallest absolute Gasteiger partial charge is 0.309 e. The molecule has 9 heteroatoms. The molecule has 94 valence electrons. The summed E-state index contributed by atoms with van der Waals surface area (Å²) in [4.78, 5) is 23.3. The first-order valence-corrected chi connectivity index (χ1v) is 4.44. The first-order valence-electron chi connectivity index (χ1n) is 4.44. The van der Waals surface area contributed by atoms with Crippen molar-refractivity contribution in [3.63, 3.8) is 0 Å². The zero-order valence-electron chi connectivity index (χ0n) is 8.63. The molecule has 1 aromatic heterocycles. The Kier molecular flexibility index (Phi) is 3.83. The maximum absolute atomic E-state index is 12.8. The Balaban J connectivity index is 3.54. The highest BCUT2D eigenvalue weighted by atomic mass is 19.3. The molecule has 0 radical (unpaired) electrons. The highest BCUT2D eigenvalue weighted by Gasteiger charge is 2.28. The van der Waals surface area contributed by atoms with Crippen molar-refractivity contribution >= 4 is 11.7 Å². The lowest BCUT2D eigenvalue weighted by molar-refractivity contribution is -0.385. The van der Waals surface area contributed by atoms with E-state index in [0.717, 1.165) is 0 Å². The van der Waals surface area contributed by atoms with E-state index in [1.165, 1.54) is 6.07 Å². The van der Waals surface area contributed by atoms with Gasteiger partial charge in [-0.1, -0.05) is 0 Å². The topological polar surface area (TPSA) is 117 Å². The zero-order chi connectivity index (χ0) is 13.9. The van der Waals surface area contributed by atoms with Crippen molar-refractivity contribution in [2.75, 3.05) is 0 Å². The molecule has 0 spiro atoms. The van der Waals surface area contributed by atoms with E-state index in [-0.39, 0.29) is 0 Å². The number of carbonyl (C=O) groups is 1. The number of alkyl halides is 2. The summed E-state index contributed by atoms with van der Waals surface area (Å²) in [6, 6.07) is 1.29. The second-order valence-corrected chi connectivity index (χ2v) is 3.12. The van der Waals surface area contributed by atoms with E-state index in [4.69, 9.17) is 10.4 Å². The van der Waals surface area contributed by atoms with E-state index < -0.39 is 46.2 Å². The third-order valence-corrected chi connectivity index (χ3v) is 2.02. The second-order valence-electron chi connectivity index (χ2n) is 3.12. The Hall–Kier alpha value is -2.63. The Morgan fingerprint density at radius 2 is 2.28 bits per heavy atom. The first-order chi connectivity index (χ1) is 8.38. The van der Waals surface area contributed by atoms with Crippen LogP contribution in [0.2, 0.25) is 0 Å². The largest absolute Gasteiger partial charge is 0.481 e. The summed E-state index contributed by atoms with van der Waals surface area (Å²) in [5, 5.41) is 27.7. The first kappa shape index (κ1) is 13.4. The molecule has 1 heterocycles. The quantitative estimate of drug-likeness (QED) is 0.643. The van der Waals surface area contributed by atoms with E-state index in [1.807, 2.05) is 0 Å². The predicted molar refractivity (Wildman–Crippen MR) is 51.9 cm³/mol. The molecule has 0 aliphatic heterocycles. The number of aromatic nitrogens is 1.